The SMILES string of the molecule is COc1ccc(Oc2c(CN(C[C@H](O)COC(C)C)C3CC3)c(C)nn2-c2ccccc2)cc1. The summed E-state index contributed by atoms with van der Waals surface area (Å²) in [5.74, 6) is 2.17. The second-order valence-corrected chi connectivity index (χ2v) is 9.09. The highest BCUT2D eigenvalue weighted by atomic mass is 16.5. The molecule has 3 aromatic rings. The van der Waals surface area contributed by atoms with Gasteiger partial charge in [0, 0.05) is 19.1 Å². The summed E-state index contributed by atoms with van der Waals surface area (Å²) in [5.41, 5.74) is 2.86. The first-order chi connectivity index (χ1) is 16.4. The van der Waals surface area contributed by atoms with Gasteiger partial charge in [0.1, 0.15) is 11.5 Å². The van der Waals surface area contributed by atoms with Gasteiger partial charge < -0.3 is 19.3 Å². The topological polar surface area (TPSA) is 69.0 Å². The van der Waals surface area contributed by atoms with Gasteiger partial charge in [-0.1, -0.05) is 18.2 Å². The maximum atomic E-state index is 10.6. The second kappa shape index (κ2) is 11.0. The molecule has 0 aliphatic heterocycles. The molecular weight excluding hydrogens is 430 g/mol. The lowest BCUT2D eigenvalue weighted by atomic mass is 10.2. The van der Waals surface area contributed by atoms with Crippen LogP contribution in [0.5, 0.6) is 17.4 Å². The van der Waals surface area contributed by atoms with E-state index in [2.05, 4.69) is 4.90 Å². The first kappa shape index (κ1) is 24.3. The highest BCUT2D eigenvalue weighted by Gasteiger charge is 2.32. The van der Waals surface area contributed by atoms with E-state index in [9.17, 15) is 5.11 Å². The summed E-state index contributed by atoms with van der Waals surface area (Å²) >= 11 is 0. The highest BCUT2D eigenvalue weighted by Crippen LogP contribution is 2.35. The Labute approximate surface area is 201 Å². The zero-order chi connectivity index (χ0) is 24.1. The van der Waals surface area contributed by atoms with E-state index in [0.717, 1.165) is 35.5 Å². The molecule has 1 aliphatic carbocycles. The van der Waals surface area contributed by atoms with E-state index < -0.39 is 6.10 Å². The molecule has 1 heterocycles. The summed E-state index contributed by atoms with van der Waals surface area (Å²) in [4.78, 5) is 2.33. The molecule has 1 N–H and O–H groups in total. The van der Waals surface area contributed by atoms with Gasteiger partial charge in [-0.25, -0.2) is 4.68 Å². The maximum absolute atomic E-state index is 10.6. The molecule has 1 aromatic heterocycles. The third-order valence-electron chi connectivity index (χ3n) is 5.90. The molecule has 0 amide bonds. The summed E-state index contributed by atoms with van der Waals surface area (Å²) in [5, 5.41) is 15.4. The fourth-order valence-corrected chi connectivity index (χ4v) is 3.94. The fraction of sp³-hybridized carbons (Fsp3) is 0.444. The first-order valence-corrected chi connectivity index (χ1v) is 11.9. The minimum atomic E-state index is -0.543. The summed E-state index contributed by atoms with van der Waals surface area (Å²) in [6.07, 6.45) is 1.83. The molecule has 7 heteroatoms. The number of rotatable bonds is 12. The molecule has 7 nitrogen and oxygen atoms in total. The van der Waals surface area contributed by atoms with Crippen molar-refractivity contribution in [1.29, 1.82) is 0 Å². The van der Waals surface area contributed by atoms with Crippen LogP contribution < -0.4 is 9.47 Å². The number of benzene rings is 2. The van der Waals surface area contributed by atoms with Gasteiger partial charge in [0.15, 0.2) is 0 Å². The predicted octanol–water partition coefficient (Wildman–Crippen LogP) is 4.73. The van der Waals surface area contributed by atoms with Gasteiger partial charge in [0.25, 0.3) is 0 Å². The van der Waals surface area contributed by atoms with Crippen molar-refractivity contribution in [1.82, 2.24) is 14.7 Å². The van der Waals surface area contributed by atoms with Crippen molar-refractivity contribution < 1.29 is 19.3 Å². The Morgan fingerprint density at radius 2 is 1.74 bits per heavy atom. The first-order valence-electron chi connectivity index (χ1n) is 11.9. The molecule has 2 aromatic carbocycles. The summed E-state index contributed by atoms with van der Waals surface area (Å²) in [7, 11) is 1.65. The summed E-state index contributed by atoms with van der Waals surface area (Å²) in [6, 6.07) is 18.0. The molecule has 4 rings (SSSR count). The van der Waals surface area contributed by atoms with Gasteiger partial charge in [-0.05, 0) is 70.0 Å². The van der Waals surface area contributed by atoms with Gasteiger partial charge in [-0.3, -0.25) is 4.90 Å². The quantitative estimate of drug-likeness (QED) is 0.417. The van der Waals surface area contributed by atoms with Crippen LogP contribution in [-0.4, -0.2) is 58.3 Å². The molecule has 0 unspecified atom stereocenters. The normalized spacial score (nSPS) is 14.6. The fourth-order valence-electron chi connectivity index (χ4n) is 3.94. The zero-order valence-electron chi connectivity index (χ0n) is 20.5. The number of aliphatic hydroxyl groups is 1. The Kier molecular flexibility index (Phi) is 7.88. The Bertz CT molecular complexity index is 1050. The van der Waals surface area contributed by atoms with Crippen molar-refractivity contribution in [3.8, 4) is 23.1 Å². The van der Waals surface area contributed by atoms with Gasteiger partial charge in [-0.15, -0.1) is 0 Å². The summed E-state index contributed by atoms with van der Waals surface area (Å²) in [6.45, 7) is 7.51. The Morgan fingerprint density at radius 1 is 1.06 bits per heavy atom. The van der Waals surface area contributed by atoms with Crippen molar-refractivity contribution in [2.75, 3.05) is 20.3 Å². The molecule has 1 atom stereocenters. The smallest absolute Gasteiger partial charge is 0.227 e. The van der Waals surface area contributed by atoms with E-state index in [1.165, 1.54) is 0 Å². The monoisotopic (exact) mass is 465 g/mol. The molecule has 0 spiro atoms. The van der Waals surface area contributed by atoms with Gasteiger partial charge in [0.05, 0.1) is 42.9 Å². The van der Waals surface area contributed by atoms with Crippen LogP contribution in [0.1, 0.15) is 37.9 Å². The van der Waals surface area contributed by atoms with Crippen LogP contribution in [0.15, 0.2) is 54.6 Å². The van der Waals surface area contributed by atoms with Crippen LogP contribution in [0.4, 0.5) is 0 Å². The van der Waals surface area contributed by atoms with E-state index in [4.69, 9.17) is 19.3 Å². The van der Waals surface area contributed by atoms with E-state index in [1.54, 1.807) is 7.11 Å². The number of para-hydroxylation sites is 1. The number of aromatic nitrogens is 2. The van der Waals surface area contributed by atoms with Crippen LogP contribution in [0.25, 0.3) is 5.69 Å². The Balaban J connectivity index is 1.63. The lowest BCUT2D eigenvalue weighted by Crippen LogP contribution is -2.36. The number of ether oxygens (including phenoxy) is 3. The molecule has 0 bridgehead atoms. The number of aliphatic hydroxyl groups excluding tert-OH is 1. The van der Waals surface area contributed by atoms with Crippen LogP contribution >= 0.6 is 0 Å². The standard InChI is InChI=1S/C27H35N3O4/c1-19(2)33-18-23(31)16-29(21-10-11-21)17-26-20(3)28-30(22-8-6-5-7-9-22)27(26)34-25-14-12-24(32-4)13-15-25/h5-9,12-15,19,21,23,31H,10-11,16-18H2,1-4H3/t23-/m0/s1. The zero-order valence-corrected chi connectivity index (χ0v) is 20.5. The van der Waals surface area contributed by atoms with Crippen molar-refractivity contribution >= 4 is 0 Å². The van der Waals surface area contributed by atoms with Crippen molar-refractivity contribution in [3.63, 3.8) is 0 Å². The largest absolute Gasteiger partial charge is 0.497 e. The second-order valence-electron chi connectivity index (χ2n) is 9.09. The van der Waals surface area contributed by atoms with Crippen LogP contribution in [0, 0.1) is 6.92 Å². The lowest BCUT2D eigenvalue weighted by Gasteiger charge is -2.25. The van der Waals surface area contributed by atoms with Crippen molar-refractivity contribution in [2.45, 2.75) is 58.4 Å². The van der Waals surface area contributed by atoms with Crippen LogP contribution in [0.3, 0.4) is 0 Å². The average molecular weight is 466 g/mol. The van der Waals surface area contributed by atoms with Crippen molar-refractivity contribution in [2.24, 2.45) is 0 Å². The highest BCUT2D eigenvalue weighted by molar-refractivity contribution is 5.44. The molecule has 1 fully saturated rings. The Morgan fingerprint density at radius 3 is 2.35 bits per heavy atom. The molecule has 182 valence electrons. The van der Waals surface area contributed by atoms with Crippen molar-refractivity contribution in [3.05, 3.63) is 65.9 Å². The minimum absolute atomic E-state index is 0.0971. The Hall–Kier alpha value is -2.87. The van der Waals surface area contributed by atoms with E-state index in [-0.39, 0.29) is 6.10 Å². The maximum Gasteiger partial charge on any atom is 0.227 e. The molecule has 0 saturated heterocycles. The van der Waals surface area contributed by atoms with Crippen LogP contribution in [-0.2, 0) is 11.3 Å². The molecule has 1 aliphatic rings. The predicted molar refractivity (Wildman–Crippen MR) is 132 cm³/mol. The number of nitrogens with zero attached hydrogens (tertiary/aromatic N) is 3. The van der Waals surface area contributed by atoms with E-state index >= 15 is 0 Å². The molecular formula is C27H35N3O4. The van der Waals surface area contributed by atoms with Gasteiger partial charge in [0.2, 0.25) is 5.88 Å². The van der Waals surface area contributed by atoms with Crippen LogP contribution in [0.2, 0.25) is 0 Å². The minimum Gasteiger partial charge on any atom is -0.497 e. The number of hydrogen-bond donors (Lipinski definition) is 1. The van der Waals surface area contributed by atoms with Gasteiger partial charge in [-0.2, -0.15) is 5.10 Å². The molecule has 34 heavy (non-hydrogen) atoms. The molecule has 1 saturated carbocycles. The number of methoxy groups -OCH3 is 1. The number of hydrogen-bond acceptors (Lipinski definition) is 6. The number of aryl methyl sites for hydroxylation is 1. The average Bonchev–Trinajstić information content (AvgIpc) is 3.65. The van der Waals surface area contributed by atoms with E-state index in [0.29, 0.717) is 37.4 Å². The van der Waals surface area contributed by atoms with E-state index in [1.807, 2.05) is 80.1 Å². The lowest BCUT2D eigenvalue weighted by molar-refractivity contribution is -0.0107. The van der Waals surface area contributed by atoms with Gasteiger partial charge >= 0.3 is 0 Å². The third kappa shape index (κ3) is 6.17. The summed E-state index contributed by atoms with van der Waals surface area (Å²) < 4.78 is 19.2. The molecule has 0 radical (unpaired) electrons. The third-order valence-corrected chi connectivity index (χ3v) is 5.90.